The number of amides is 2. The largest absolute Gasteiger partial charge is 0.444 e. The molecule has 0 fully saturated rings. The Morgan fingerprint density at radius 1 is 1.24 bits per heavy atom. The summed E-state index contributed by atoms with van der Waals surface area (Å²) in [6.07, 6.45) is 2.17. The van der Waals surface area contributed by atoms with Gasteiger partial charge in [0.1, 0.15) is 11.3 Å². The number of carbonyl (C=O) groups is 2. The van der Waals surface area contributed by atoms with Crippen molar-refractivity contribution in [2.45, 2.75) is 52.1 Å². The van der Waals surface area contributed by atoms with Crippen LogP contribution in [-0.4, -0.2) is 29.1 Å². The molecule has 0 saturated carbocycles. The van der Waals surface area contributed by atoms with Crippen LogP contribution < -0.4 is 16.2 Å². The number of unbranched alkanes of at least 4 members (excludes halogenated alkanes) is 2. The van der Waals surface area contributed by atoms with Crippen molar-refractivity contribution in [3.8, 4) is 10.6 Å². The highest BCUT2D eigenvalue weighted by Gasteiger charge is 2.19. The summed E-state index contributed by atoms with van der Waals surface area (Å²) in [5, 5.41) is 7.24. The van der Waals surface area contributed by atoms with Crippen molar-refractivity contribution in [1.29, 1.82) is 0 Å². The number of alkyl carbamates (subject to hydrolysis) is 1. The summed E-state index contributed by atoms with van der Waals surface area (Å²) in [5.74, 6) is -0.170. The third-order valence-corrected chi connectivity index (χ3v) is 5.35. The van der Waals surface area contributed by atoms with E-state index < -0.39 is 11.7 Å². The minimum atomic E-state index is -0.504. The molecule has 2 rings (SSSR count). The van der Waals surface area contributed by atoms with Crippen LogP contribution in [-0.2, 0) is 9.53 Å². The zero-order valence-electron chi connectivity index (χ0n) is 14.6. The minimum absolute atomic E-state index is 0.170. The van der Waals surface area contributed by atoms with Gasteiger partial charge in [-0.25, -0.2) is 4.79 Å². The van der Waals surface area contributed by atoms with Gasteiger partial charge in [0.2, 0.25) is 5.91 Å². The van der Waals surface area contributed by atoms with Crippen LogP contribution >= 0.6 is 20.7 Å². The standard InChI is InChI=1S/C16H23N3O4S2/c1-16(2,3)23-15(22)17-8-6-4-5-7-11(20)19-12-13-10(9-24-25-13)18-14(12)21/h9H,4-8H2,1-3H3,(H,17,22)(H,18,21)(H,19,20). The van der Waals surface area contributed by atoms with Gasteiger partial charge in [-0.15, -0.1) is 0 Å². The highest BCUT2D eigenvalue weighted by molar-refractivity contribution is 7.70. The van der Waals surface area contributed by atoms with Gasteiger partial charge in [0.25, 0.3) is 5.56 Å². The number of ether oxygens (including phenoxy) is 1. The van der Waals surface area contributed by atoms with Crippen molar-refractivity contribution < 1.29 is 14.3 Å². The van der Waals surface area contributed by atoms with Crippen LogP contribution in [0.3, 0.4) is 0 Å². The normalized spacial score (nSPS) is 11.5. The van der Waals surface area contributed by atoms with E-state index in [-0.39, 0.29) is 11.5 Å². The predicted octanol–water partition coefficient (Wildman–Crippen LogP) is 3.63. The highest BCUT2D eigenvalue weighted by atomic mass is 32.9. The van der Waals surface area contributed by atoms with Crippen LogP contribution in [0.2, 0.25) is 0 Å². The van der Waals surface area contributed by atoms with Crippen molar-refractivity contribution in [2.75, 3.05) is 11.9 Å². The lowest BCUT2D eigenvalue weighted by atomic mass is 10.2. The zero-order chi connectivity index (χ0) is 18.4. The molecule has 2 amide bonds. The van der Waals surface area contributed by atoms with Crippen LogP contribution in [0.5, 0.6) is 0 Å². The van der Waals surface area contributed by atoms with E-state index >= 15 is 0 Å². The van der Waals surface area contributed by atoms with Gasteiger partial charge in [0.05, 0.1) is 10.6 Å². The number of anilines is 1. The molecule has 138 valence electrons. The molecule has 2 aliphatic heterocycles. The van der Waals surface area contributed by atoms with Crippen molar-refractivity contribution >= 4 is 38.4 Å². The van der Waals surface area contributed by atoms with E-state index in [9.17, 15) is 14.4 Å². The van der Waals surface area contributed by atoms with Crippen molar-refractivity contribution in [3.63, 3.8) is 0 Å². The van der Waals surface area contributed by atoms with Crippen LogP contribution in [0, 0.1) is 0 Å². The quantitative estimate of drug-likeness (QED) is 0.500. The second-order valence-electron chi connectivity index (χ2n) is 6.66. The van der Waals surface area contributed by atoms with E-state index in [4.69, 9.17) is 4.74 Å². The first-order chi connectivity index (χ1) is 11.8. The second-order valence-corrected chi connectivity index (χ2v) is 8.74. The van der Waals surface area contributed by atoms with Crippen molar-refractivity contribution in [3.05, 3.63) is 15.7 Å². The smallest absolute Gasteiger partial charge is 0.407 e. The SMILES string of the molecule is CC(C)(C)OC(=O)NCCCCCC(=O)Nc1c2sscc-2[nH]c1=O. The lowest BCUT2D eigenvalue weighted by Crippen LogP contribution is -2.33. The minimum Gasteiger partial charge on any atom is -0.444 e. The first-order valence-corrected chi connectivity index (χ1v) is 10.3. The molecule has 0 aromatic carbocycles. The van der Waals surface area contributed by atoms with E-state index in [1.807, 2.05) is 26.2 Å². The number of rotatable bonds is 7. The second kappa shape index (κ2) is 8.48. The number of nitrogens with one attached hydrogen (secondary N) is 3. The molecule has 0 saturated heterocycles. The summed E-state index contributed by atoms with van der Waals surface area (Å²) in [5.41, 5.74) is 0.348. The highest BCUT2D eigenvalue weighted by Crippen LogP contribution is 2.35. The maximum absolute atomic E-state index is 12.0. The molecule has 0 spiro atoms. The molecule has 0 radical (unpaired) electrons. The van der Waals surface area contributed by atoms with Gasteiger partial charge in [-0.2, -0.15) is 0 Å². The summed E-state index contributed by atoms with van der Waals surface area (Å²) in [4.78, 5) is 38.8. The Balaban J connectivity index is 1.62. The fourth-order valence-corrected chi connectivity index (χ4v) is 4.34. The monoisotopic (exact) mass is 385 g/mol. The zero-order valence-corrected chi connectivity index (χ0v) is 16.2. The van der Waals surface area contributed by atoms with Crippen LogP contribution in [0.15, 0.2) is 10.2 Å². The molecule has 3 N–H and O–H groups in total. The van der Waals surface area contributed by atoms with Crippen LogP contribution in [0.4, 0.5) is 10.5 Å². The van der Waals surface area contributed by atoms with Gasteiger partial charge >= 0.3 is 6.09 Å². The van der Waals surface area contributed by atoms with Gasteiger partial charge in [-0.05, 0) is 33.6 Å². The molecule has 7 nitrogen and oxygen atoms in total. The fraction of sp³-hybridized carbons (Fsp3) is 0.562. The Hall–Kier alpha value is -1.87. The molecular formula is C16H23N3O4S2. The maximum atomic E-state index is 12.0. The maximum Gasteiger partial charge on any atom is 0.407 e. The molecule has 9 heteroatoms. The van der Waals surface area contributed by atoms with Gasteiger partial charge in [0.15, 0.2) is 0 Å². The Labute approximate surface area is 153 Å². The van der Waals surface area contributed by atoms with Crippen molar-refractivity contribution in [1.82, 2.24) is 10.3 Å². The van der Waals surface area contributed by atoms with E-state index in [0.29, 0.717) is 25.1 Å². The van der Waals surface area contributed by atoms with E-state index in [1.165, 1.54) is 20.7 Å². The summed E-state index contributed by atoms with van der Waals surface area (Å²) >= 11 is 0. The van der Waals surface area contributed by atoms with Gasteiger partial charge in [-0.3, -0.25) is 9.59 Å². The summed E-state index contributed by atoms with van der Waals surface area (Å²) in [6, 6.07) is 0. The number of hydrogen-bond acceptors (Lipinski definition) is 6. The van der Waals surface area contributed by atoms with Crippen LogP contribution in [0.1, 0.15) is 46.5 Å². The van der Waals surface area contributed by atoms with Gasteiger partial charge in [-0.1, -0.05) is 27.1 Å². The number of aromatic nitrogens is 1. The number of H-pyrrole nitrogens is 1. The number of fused-ring (bicyclic) bond motifs is 1. The number of aromatic amines is 1. The Morgan fingerprint density at radius 2 is 2.00 bits per heavy atom. The molecule has 0 unspecified atom stereocenters. The molecule has 0 bridgehead atoms. The van der Waals surface area contributed by atoms with Crippen LogP contribution in [0.25, 0.3) is 10.6 Å². The van der Waals surface area contributed by atoms with E-state index in [2.05, 4.69) is 15.6 Å². The Bertz CT molecular complexity index is 741. The van der Waals surface area contributed by atoms with Gasteiger partial charge in [0, 0.05) is 18.3 Å². The lowest BCUT2D eigenvalue weighted by Gasteiger charge is -2.19. The molecule has 0 aromatic heterocycles. The summed E-state index contributed by atoms with van der Waals surface area (Å²) in [7, 11) is 2.98. The fourth-order valence-electron chi connectivity index (χ4n) is 2.18. The van der Waals surface area contributed by atoms with Gasteiger partial charge < -0.3 is 20.4 Å². The molecule has 2 heterocycles. The lowest BCUT2D eigenvalue weighted by molar-refractivity contribution is -0.116. The first kappa shape index (κ1) is 19.5. The molecule has 0 atom stereocenters. The molecule has 0 aliphatic carbocycles. The third-order valence-electron chi connectivity index (χ3n) is 3.26. The number of hydrogen-bond donors (Lipinski definition) is 3. The predicted molar refractivity (Wildman–Crippen MR) is 101 cm³/mol. The molecule has 25 heavy (non-hydrogen) atoms. The number of carbonyl (C=O) groups excluding carboxylic acids is 2. The molecule has 2 aliphatic rings. The average molecular weight is 386 g/mol. The first-order valence-electron chi connectivity index (χ1n) is 8.12. The topological polar surface area (TPSA) is 100 Å². The molecular weight excluding hydrogens is 362 g/mol. The molecule has 0 aromatic rings. The van der Waals surface area contributed by atoms with Crippen molar-refractivity contribution in [2.24, 2.45) is 0 Å². The summed E-state index contributed by atoms with van der Waals surface area (Å²) < 4.78 is 5.14. The van der Waals surface area contributed by atoms with E-state index in [1.54, 1.807) is 0 Å². The van der Waals surface area contributed by atoms with E-state index in [0.717, 1.165) is 23.4 Å². The average Bonchev–Trinajstić information content (AvgIpc) is 3.04. The summed E-state index contributed by atoms with van der Waals surface area (Å²) in [6.45, 7) is 5.95. The third kappa shape index (κ3) is 6.17. The Kier molecular flexibility index (Phi) is 6.60. The Morgan fingerprint density at radius 3 is 2.72 bits per heavy atom.